The summed E-state index contributed by atoms with van der Waals surface area (Å²) in [6, 6.07) is 0.906. The molecule has 10 heteroatoms. The monoisotopic (exact) mass is 422 g/mol. The quantitative estimate of drug-likeness (QED) is 0.466. The predicted molar refractivity (Wildman–Crippen MR) is 109 cm³/mol. The molecule has 3 N–H and O–H groups in total. The van der Waals surface area contributed by atoms with Crippen LogP contribution in [0.1, 0.15) is 31.7 Å². The molecule has 3 saturated carbocycles. The Morgan fingerprint density at radius 3 is 2.71 bits per heavy atom. The van der Waals surface area contributed by atoms with Gasteiger partial charge in [-0.05, 0) is 43.6 Å². The number of H-pyrrole nitrogens is 2. The first-order valence-electron chi connectivity index (χ1n) is 10.3. The van der Waals surface area contributed by atoms with Crippen molar-refractivity contribution in [2.75, 3.05) is 0 Å². The van der Waals surface area contributed by atoms with Gasteiger partial charge in [-0.2, -0.15) is 0 Å². The fourth-order valence-electron chi connectivity index (χ4n) is 5.62. The van der Waals surface area contributed by atoms with Crippen molar-refractivity contribution >= 4 is 28.2 Å². The first-order valence-corrected chi connectivity index (χ1v) is 10.3. The van der Waals surface area contributed by atoms with Gasteiger partial charge in [-0.15, -0.1) is 0 Å². The number of carboxylic acids is 1. The van der Waals surface area contributed by atoms with Crippen LogP contribution in [-0.2, 0) is 4.79 Å². The van der Waals surface area contributed by atoms with E-state index in [0.29, 0.717) is 33.6 Å². The molecule has 0 aromatic carbocycles. The number of carbonyl (C=O) groups is 1. The molecular formula is C21H19FN6O3. The van der Waals surface area contributed by atoms with Crippen molar-refractivity contribution in [1.82, 2.24) is 29.5 Å². The Balaban J connectivity index is 1.55. The van der Waals surface area contributed by atoms with Gasteiger partial charge in [0.25, 0.3) is 0 Å². The summed E-state index contributed by atoms with van der Waals surface area (Å²) < 4.78 is 15.3. The molecule has 3 aliphatic carbocycles. The molecule has 0 aliphatic heterocycles. The molecule has 0 amide bonds. The standard InChI is InChI=1S/C21H19FN6O3/c22-11-5-12-13(7-24-17(12)23-6-11)18-25-8-14-19(27-18)28(21(31)26-14)16-10-3-1-9(2-4-10)15(16)20(29)30/h5-10,15-16H,1-4H2,(H,23,24)(H,26,31)(H,29,30)/t9-,10+,15-,16-/m0/s1. The van der Waals surface area contributed by atoms with Gasteiger partial charge >= 0.3 is 11.7 Å². The number of nitrogens with one attached hydrogen (secondary N) is 2. The molecule has 0 saturated heterocycles. The number of hydrogen-bond acceptors (Lipinski definition) is 5. The number of hydrogen-bond donors (Lipinski definition) is 3. The van der Waals surface area contributed by atoms with Gasteiger partial charge in [0, 0.05) is 17.1 Å². The first kappa shape index (κ1) is 18.2. The van der Waals surface area contributed by atoms with Crippen molar-refractivity contribution in [3.8, 4) is 11.4 Å². The molecule has 2 atom stereocenters. The van der Waals surface area contributed by atoms with Crippen molar-refractivity contribution in [2.45, 2.75) is 31.7 Å². The second kappa shape index (κ2) is 6.47. The minimum Gasteiger partial charge on any atom is -0.481 e. The molecule has 9 nitrogen and oxygen atoms in total. The van der Waals surface area contributed by atoms with Crippen LogP contribution in [0.4, 0.5) is 4.39 Å². The maximum absolute atomic E-state index is 13.8. The summed E-state index contributed by atoms with van der Waals surface area (Å²) in [6.07, 6.45) is 7.86. The molecule has 7 rings (SSSR count). The van der Waals surface area contributed by atoms with Gasteiger partial charge in [-0.25, -0.2) is 24.1 Å². The second-order valence-electron chi connectivity index (χ2n) is 8.51. The molecule has 158 valence electrons. The van der Waals surface area contributed by atoms with E-state index < -0.39 is 23.7 Å². The molecule has 3 aliphatic rings. The van der Waals surface area contributed by atoms with Gasteiger partial charge in [-0.3, -0.25) is 9.36 Å². The molecule has 31 heavy (non-hydrogen) atoms. The van der Waals surface area contributed by atoms with Gasteiger partial charge in [-0.1, -0.05) is 0 Å². The second-order valence-corrected chi connectivity index (χ2v) is 8.51. The highest BCUT2D eigenvalue weighted by Crippen LogP contribution is 2.51. The van der Waals surface area contributed by atoms with Crippen LogP contribution in [0, 0.1) is 23.6 Å². The third-order valence-corrected chi connectivity index (χ3v) is 6.95. The Labute approximate surface area is 174 Å². The molecule has 0 spiro atoms. The van der Waals surface area contributed by atoms with Crippen molar-refractivity contribution in [2.24, 2.45) is 17.8 Å². The van der Waals surface area contributed by atoms with Crippen LogP contribution in [-0.4, -0.2) is 40.6 Å². The van der Waals surface area contributed by atoms with E-state index in [0.717, 1.165) is 31.9 Å². The fourth-order valence-corrected chi connectivity index (χ4v) is 5.62. The van der Waals surface area contributed by atoms with E-state index in [2.05, 4.69) is 24.9 Å². The molecule has 4 aromatic heterocycles. The summed E-state index contributed by atoms with van der Waals surface area (Å²) in [5.41, 5.74) is 1.50. The number of rotatable bonds is 3. The average molecular weight is 422 g/mol. The summed E-state index contributed by atoms with van der Waals surface area (Å²) in [6.45, 7) is 0. The normalized spacial score (nSPS) is 25.5. The van der Waals surface area contributed by atoms with Crippen LogP contribution < -0.4 is 5.69 Å². The smallest absolute Gasteiger partial charge is 0.328 e. The number of aromatic nitrogens is 6. The highest BCUT2D eigenvalue weighted by Gasteiger charge is 2.49. The summed E-state index contributed by atoms with van der Waals surface area (Å²) in [5.74, 6) is -1.47. The number of imidazole rings is 1. The zero-order chi connectivity index (χ0) is 21.3. The van der Waals surface area contributed by atoms with E-state index in [1.54, 1.807) is 6.20 Å². The van der Waals surface area contributed by atoms with Gasteiger partial charge < -0.3 is 15.1 Å². The van der Waals surface area contributed by atoms with Gasteiger partial charge in [0.15, 0.2) is 11.5 Å². The zero-order valence-corrected chi connectivity index (χ0v) is 16.4. The number of pyridine rings is 1. The lowest BCUT2D eigenvalue weighted by Crippen LogP contribution is -2.47. The molecular weight excluding hydrogens is 403 g/mol. The van der Waals surface area contributed by atoms with Crippen molar-refractivity contribution in [1.29, 1.82) is 0 Å². The van der Waals surface area contributed by atoms with E-state index in [1.165, 1.54) is 16.8 Å². The Morgan fingerprint density at radius 1 is 1.16 bits per heavy atom. The van der Waals surface area contributed by atoms with Crippen LogP contribution in [0.2, 0.25) is 0 Å². The van der Waals surface area contributed by atoms with Crippen LogP contribution >= 0.6 is 0 Å². The van der Waals surface area contributed by atoms with Crippen molar-refractivity contribution < 1.29 is 14.3 Å². The van der Waals surface area contributed by atoms with Gasteiger partial charge in [0.1, 0.15) is 17.0 Å². The molecule has 2 bridgehead atoms. The number of fused-ring (bicyclic) bond motifs is 5. The largest absolute Gasteiger partial charge is 0.481 e. The van der Waals surface area contributed by atoms with Crippen LogP contribution in [0.5, 0.6) is 0 Å². The summed E-state index contributed by atoms with van der Waals surface area (Å²) in [4.78, 5) is 43.8. The lowest BCUT2D eigenvalue weighted by Gasteiger charge is -2.46. The molecule has 0 radical (unpaired) electrons. The number of nitrogens with zero attached hydrogens (tertiary/aromatic N) is 4. The van der Waals surface area contributed by atoms with Gasteiger partial charge in [0.2, 0.25) is 0 Å². The highest BCUT2D eigenvalue weighted by atomic mass is 19.1. The summed E-state index contributed by atoms with van der Waals surface area (Å²) in [5, 5.41) is 10.5. The van der Waals surface area contributed by atoms with Crippen molar-refractivity contribution in [3.63, 3.8) is 0 Å². The maximum Gasteiger partial charge on any atom is 0.328 e. The van der Waals surface area contributed by atoms with E-state index in [-0.39, 0.29) is 17.5 Å². The van der Waals surface area contributed by atoms with E-state index in [4.69, 9.17) is 0 Å². The third kappa shape index (κ3) is 2.63. The van der Waals surface area contributed by atoms with Crippen LogP contribution in [0.3, 0.4) is 0 Å². The predicted octanol–water partition coefficient (Wildman–Crippen LogP) is 2.86. The van der Waals surface area contributed by atoms with E-state index in [9.17, 15) is 19.1 Å². The van der Waals surface area contributed by atoms with Gasteiger partial charge in [0.05, 0.1) is 24.4 Å². The fraction of sp³-hybridized carbons (Fsp3) is 0.381. The lowest BCUT2D eigenvalue weighted by atomic mass is 9.61. The minimum absolute atomic E-state index is 0.0633. The maximum atomic E-state index is 13.8. The third-order valence-electron chi connectivity index (χ3n) is 6.95. The highest BCUT2D eigenvalue weighted by molar-refractivity contribution is 5.92. The molecule has 4 aromatic rings. The Morgan fingerprint density at radius 2 is 1.94 bits per heavy atom. The van der Waals surface area contributed by atoms with E-state index >= 15 is 0 Å². The molecule has 3 fully saturated rings. The number of carboxylic acid groups (broad SMARTS) is 1. The first-order chi connectivity index (χ1) is 15.0. The number of aliphatic carboxylic acids is 1. The molecule has 0 unspecified atom stereocenters. The summed E-state index contributed by atoms with van der Waals surface area (Å²) >= 11 is 0. The Hall–Kier alpha value is -3.56. The van der Waals surface area contributed by atoms with Crippen LogP contribution in [0.25, 0.3) is 33.6 Å². The molecule has 4 heterocycles. The Kier molecular flexibility index (Phi) is 3.80. The number of aromatic amines is 2. The Bertz CT molecular complexity index is 1400. The zero-order valence-electron chi connectivity index (χ0n) is 16.4. The topological polar surface area (TPSA) is 130 Å². The van der Waals surface area contributed by atoms with Crippen molar-refractivity contribution in [3.05, 3.63) is 41.0 Å². The average Bonchev–Trinajstić information content (AvgIpc) is 3.32. The van der Waals surface area contributed by atoms with E-state index in [1.807, 2.05) is 0 Å². The van der Waals surface area contributed by atoms with Crippen LogP contribution in [0.15, 0.2) is 29.5 Å². The SMILES string of the molecule is O=C(O)[C@H]1[C@H]2CC[C@H](CC2)[C@@H]1n1c(=O)[nH]c2cnc(-c3c[nH]c4ncc(F)cc34)nc21. The lowest BCUT2D eigenvalue weighted by molar-refractivity contribution is -0.151. The summed E-state index contributed by atoms with van der Waals surface area (Å²) in [7, 11) is 0. The number of halogens is 1. The minimum atomic E-state index is -0.867.